The van der Waals surface area contributed by atoms with Crippen molar-refractivity contribution in [2.45, 2.75) is 32.6 Å². The first-order valence-electron chi connectivity index (χ1n) is 10.4. The van der Waals surface area contributed by atoms with Crippen LogP contribution in [0, 0.1) is 0 Å². The Balaban J connectivity index is 1.73. The van der Waals surface area contributed by atoms with Crippen LogP contribution in [-0.4, -0.2) is 9.97 Å². The molecule has 0 bridgehead atoms. The standard InChI is InChI=1S/C27H24N2O/c1-4-27(2,3)26-28-23(25-24(29-26)21-12-8-9-13-22(21)30-25)20-16-14-19(15-17-20)18-10-6-5-7-11-18/h5-17H,4H2,1-3H3. The van der Waals surface area contributed by atoms with Gasteiger partial charge in [-0.2, -0.15) is 0 Å². The molecule has 3 nitrogen and oxygen atoms in total. The molecule has 0 saturated carbocycles. The van der Waals surface area contributed by atoms with Crippen LogP contribution in [-0.2, 0) is 5.41 Å². The molecule has 0 aliphatic rings. The van der Waals surface area contributed by atoms with Crippen LogP contribution in [0.15, 0.2) is 83.3 Å². The van der Waals surface area contributed by atoms with E-state index < -0.39 is 0 Å². The van der Waals surface area contributed by atoms with Gasteiger partial charge in [-0.3, -0.25) is 0 Å². The van der Waals surface area contributed by atoms with Gasteiger partial charge in [0, 0.05) is 16.4 Å². The number of benzene rings is 3. The molecule has 0 fully saturated rings. The minimum Gasteiger partial charge on any atom is -0.452 e. The second-order valence-corrected chi connectivity index (χ2v) is 8.35. The summed E-state index contributed by atoms with van der Waals surface area (Å²) in [5.74, 6) is 0.853. The van der Waals surface area contributed by atoms with E-state index in [4.69, 9.17) is 14.4 Å². The number of aromatic nitrogens is 2. The fraction of sp³-hybridized carbons (Fsp3) is 0.185. The summed E-state index contributed by atoms with van der Waals surface area (Å²) in [6.07, 6.45) is 0.959. The van der Waals surface area contributed by atoms with Gasteiger partial charge in [0.15, 0.2) is 5.58 Å². The molecule has 0 saturated heterocycles. The summed E-state index contributed by atoms with van der Waals surface area (Å²) >= 11 is 0. The van der Waals surface area contributed by atoms with Gasteiger partial charge in [-0.25, -0.2) is 9.97 Å². The first-order valence-corrected chi connectivity index (χ1v) is 10.4. The van der Waals surface area contributed by atoms with Crippen molar-refractivity contribution in [3.63, 3.8) is 0 Å². The van der Waals surface area contributed by atoms with Crippen molar-refractivity contribution >= 4 is 22.1 Å². The molecule has 3 heteroatoms. The molecular formula is C27H24N2O. The normalized spacial score (nSPS) is 12.0. The fourth-order valence-corrected chi connectivity index (χ4v) is 3.70. The van der Waals surface area contributed by atoms with E-state index in [1.165, 1.54) is 11.1 Å². The van der Waals surface area contributed by atoms with Crippen molar-refractivity contribution in [1.29, 1.82) is 0 Å². The average Bonchev–Trinajstić information content (AvgIpc) is 3.18. The van der Waals surface area contributed by atoms with E-state index in [2.05, 4.69) is 75.4 Å². The third-order valence-corrected chi connectivity index (χ3v) is 5.97. The van der Waals surface area contributed by atoms with Gasteiger partial charge in [-0.1, -0.05) is 87.5 Å². The lowest BCUT2D eigenvalue weighted by molar-refractivity contribution is 0.475. The van der Waals surface area contributed by atoms with Crippen LogP contribution in [0.3, 0.4) is 0 Å². The van der Waals surface area contributed by atoms with Gasteiger partial charge < -0.3 is 4.42 Å². The highest BCUT2D eigenvalue weighted by Gasteiger charge is 2.26. The average molecular weight is 393 g/mol. The molecule has 30 heavy (non-hydrogen) atoms. The lowest BCUT2D eigenvalue weighted by Gasteiger charge is -2.21. The summed E-state index contributed by atoms with van der Waals surface area (Å²) in [5, 5.41) is 1.03. The van der Waals surface area contributed by atoms with Gasteiger partial charge in [0.1, 0.15) is 22.6 Å². The Morgan fingerprint density at radius 3 is 2.10 bits per heavy atom. The van der Waals surface area contributed by atoms with Gasteiger partial charge in [0.25, 0.3) is 0 Å². The molecular weight excluding hydrogens is 368 g/mol. The maximum Gasteiger partial charge on any atom is 0.180 e. The van der Waals surface area contributed by atoms with E-state index in [1.807, 2.05) is 24.3 Å². The Morgan fingerprint density at radius 1 is 0.733 bits per heavy atom. The van der Waals surface area contributed by atoms with Crippen LogP contribution in [0.1, 0.15) is 33.0 Å². The Morgan fingerprint density at radius 2 is 1.37 bits per heavy atom. The largest absolute Gasteiger partial charge is 0.452 e. The van der Waals surface area contributed by atoms with Gasteiger partial charge in [0.05, 0.1) is 0 Å². The predicted molar refractivity (Wildman–Crippen MR) is 123 cm³/mol. The number of rotatable bonds is 4. The molecule has 0 atom stereocenters. The molecule has 0 amide bonds. The fourth-order valence-electron chi connectivity index (χ4n) is 3.70. The van der Waals surface area contributed by atoms with E-state index in [1.54, 1.807) is 0 Å². The Hall–Kier alpha value is -3.46. The van der Waals surface area contributed by atoms with E-state index in [-0.39, 0.29) is 5.41 Å². The van der Waals surface area contributed by atoms with E-state index in [0.717, 1.165) is 45.6 Å². The van der Waals surface area contributed by atoms with Crippen molar-refractivity contribution in [2.75, 3.05) is 0 Å². The number of para-hydroxylation sites is 1. The van der Waals surface area contributed by atoms with Crippen LogP contribution in [0.25, 0.3) is 44.5 Å². The summed E-state index contributed by atoms with van der Waals surface area (Å²) < 4.78 is 6.23. The number of hydrogen-bond acceptors (Lipinski definition) is 3. The summed E-state index contributed by atoms with van der Waals surface area (Å²) in [4.78, 5) is 9.96. The maximum atomic E-state index is 6.23. The molecule has 3 aromatic carbocycles. The SMILES string of the molecule is CCC(C)(C)c1nc(-c2ccc(-c3ccccc3)cc2)c2oc3ccccc3c2n1. The lowest BCUT2D eigenvalue weighted by atomic mass is 9.89. The Kier molecular flexibility index (Phi) is 4.39. The van der Waals surface area contributed by atoms with E-state index in [0.29, 0.717) is 0 Å². The molecule has 5 aromatic rings. The molecule has 2 aromatic heterocycles. The molecule has 2 heterocycles. The quantitative estimate of drug-likeness (QED) is 0.320. The zero-order chi connectivity index (χ0) is 20.7. The Labute approximate surface area is 176 Å². The van der Waals surface area contributed by atoms with Crippen molar-refractivity contribution in [1.82, 2.24) is 9.97 Å². The third kappa shape index (κ3) is 3.07. The molecule has 0 unspecified atom stereocenters. The zero-order valence-corrected chi connectivity index (χ0v) is 17.5. The molecule has 0 aliphatic carbocycles. The lowest BCUT2D eigenvalue weighted by Crippen LogP contribution is -2.20. The Bertz CT molecular complexity index is 1330. The van der Waals surface area contributed by atoms with E-state index >= 15 is 0 Å². The van der Waals surface area contributed by atoms with Crippen molar-refractivity contribution < 1.29 is 4.42 Å². The molecule has 148 valence electrons. The zero-order valence-electron chi connectivity index (χ0n) is 17.5. The van der Waals surface area contributed by atoms with Gasteiger partial charge in [-0.05, 0) is 29.7 Å². The number of nitrogens with zero attached hydrogens (tertiary/aromatic N) is 2. The second kappa shape index (κ2) is 7.10. The first kappa shape index (κ1) is 18.6. The number of hydrogen-bond donors (Lipinski definition) is 0. The summed E-state index contributed by atoms with van der Waals surface area (Å²) in [7, 11) is 0. The molecule has 0 radical (unpaired) electrons. The van der Waals surface area contributed by atoms with Crippen LogP contribution in [0.5, 0.6) is 0 Å². The van der Waals surface area contributed by atoms with Crippen molar-refractivity contribution in [2.24, 2.45) is 0 Å². The van der Waals surface area contributed by atoms with Crippen LogP contribution in [0.2, 0.25) is 0 Å². The minimum atomic E-state index is -0.120. The minimum absolute atomic E-state index is 0.120. The highest BCUT2D eigenvalue weighted by molar-refractivity contribution is 6.06. The van der Waals surface area contributed by atoms with Gasteiger partial charge in [0.2, 0.25) is 0 Å². The van der Waals surface area contributed by atoms with Crippen molar-refractivity contribution in [3.05, 3.63) is 84.7 Å². The maximum absolute atomic E-state index is 6.23. The second-order valence-electron chi connectivity index (χ2n) is 8.35. The topological polar surface area (TPSA) is 38.9 Å². The predicted octanol–water partition coefficient (Wildman–Crippen LogP) is 7.40. The summed E-state index contributed by atoms with van der Waals surface area (Å²) in [5.41, 5.74) is 6.64. The highest BCUT2D eigenvalue weighted by atomic mass is 16.3. The van der Waals surface area contributed by atoms with E-state index in [9.17, 15) is 0 Å². The van der Waals surface area contributed by atoms with Crippen LogP contribution >= 0.6 is 0 Å². The molecule has 5 rings (SSSR count). The summed E-state index contributed by atoms with van der Waals surface area (Å²) in [6.45, 7) is 6.56. The van der Waals surface area contributed by atoms with Crippen LogP contribution < -0.4 is 0 Å². The van der Waals surface area contributed by atoms with Crippen molar-refractivity contribution in [3.8, 4) is 22.4 Å². The molecule has 0 spiro atoms. The molecule has 0 N–H and O–H groups in total. The summed E-state index contributed by atoms with van der Waals surface area (Å²) in [6, 6.07) is 27.0. The molecule has 0 aliphatic heterocycles. The monoisotopic (exact) mass is 392 g/mol. The smallest absolute Gasteiger partial charge is 0.180 e. The van der Waals surface area contributed by atoms with Gasteiger partial charge in [-0.15, -0.1) is 0 Å². The number of fused-ring (bicyclic) bond motifs is 3. The third-order valence-electron chi connectivity index (χ3n) is 5.97. The number of furan rings is 1. The van der Waals surface area contributed by atoms with Crippen LogP contribution in [0.4, 0.5) is 0 Å². The van der Waals surface area contributed by atoms with Gasteiger partial charge >= 0.3 is 0 Å². The first-order chi connectivity index (χ1) is 14.6. The highest BCUT2D eigenvalue weighted by Crippen LogP contribution is 2.36.